The van der Waals surface area contributed by atoms with Crippen LogP contribution in [-0.4, -0.2) is 17.1 Å². The number of oxazole rings is 1. The Morgan fingerprint density at radius 2 is 2.12 bits per heavy atom. The normalized spacial score (nSPS) is 25.7. The minimum atomic E-state index is -0.144. The van der Waals surface area contributed by atoms with Gasteiger partial charge in [-0.1, -0.05) is 36.8 Å². The molecule has 2 N–H and O–H groups in total. The van der Waals surface area contributed by atoms with Crippen LogP contribution in [0.3, 0.4) is 0 Å². The molecule has 0 saturated heterocycles. The second-order valence-electron chi connectivity index (χ2n) is 7.44. The average Bonchev–Trinajstić information content (AvgIpc) is 3.37. The van der Waals surface area contributed by atoms with Crippen LogP contribution in [0, 0.1) is 17.8 Å². The molecule has 1 aromatic carbocycles. The van der Waals surface area contributed by atoms with E-state index in [0.717, 1.165) is 17.4 Å². The lowest BCUT2D eigenvalue weighted by atomic mass is 9.84. The Balaban J connectivity index is 1.27. The Morgan fingerprint density at radius 3 is 2.84 bits per heavy atom. The lowest BCUT2D eigenvalue weighted by Gasteiger charge is -2.28. The number of carbonyl (C=O) groups is 1. The first-order valence-electron chi connectivity index (χ1n) is 9.23. The van der Waals surface area contributed by atoms with E-state index in [1.54, 1.807) is 6.20 Å². The van der Waals surface area contributed by atoms with Crippen molar-refractivity contribution in [3.05, 3.63) is 42.4 Å². The van der Waals surface area contributed by atoms with Gasteiger partial charge in [-0.25, -0.2) is 9.78 Å². The van der Waals surface area contributed by atoms with Crippen LogP contribution < -0.4 is 10.6 Å². The molecule has 2 aliphatic carbocycles. The first-order valence-corrected chi connectivity index (χ1v) is 9.23. The largest absolute Gasteiger partial charge is 0.439 e. The highest BCUT2D eigenvalue weighted by molar-refractivity contribution is 5.74. The van der Waals surface area contributed by atoms with Gasteiger partial charge in [0.1, 0.15) is 0 Å². The standard InChI is InChI=1S/C20H25N3O2/c1-13(17-10-14-7-8-16(17)9-14)23-20(24)22-12-19-21-11-18(25-19)15-5-3-2-4-6-15/h2-6,11,13-14,16-17H,7-10,12H2,1H3,(H2,22,23,24)/t13-,14-,16-,17-/m0/s1. The highest BCUT2D eigenvalue weighted by atomic mass is 16.4. The van der Waals surface area contributed by atoms with Crippen LogP contribution in [0.2, 0.25) is 0 Å². The molecule has 2 bridgehead atoms. The fourth-order valence-corrected chi connectivity index (χ4v) is 4.55. The van der Waals surface area contributed by atoms with E-state index in [0.29, 0.717) is 24.1 Å². The minimum Gasteiger partial charge on any atom is -0.439 e. The topological polar surface area (TPSA) is 67.2 Å². The summed E-state index contributed by atoms with van der Waals surface area (Å²) in [5, 5.41) is 5.95. The minimum absolute atomic E-state index is 0.144. The van der Waals surface area contributed by atoms with Crippen molar-refractivity contribution in [2.45, 2.75) is 45.2 Å². The van der Waals surface area contributed by atoms with Crippen LogP contribution in [-0.2, 0) is 6.54 Å². The van der Waals surface area contributed by atoms with Gasteiger partial charge < -0.3 is 15.1 Å². The molecule has 4 atom stereocenters. The lowest BCUT2D eigenvalue weighted by Crippen LogP contribution is -2.45. The third-order valence-electron chi connectivity index (χ3n) is 5.81. The van der Waals surface area contributed by atoms with E-state index in [4.69, 9.17) is 4.42 Å². The van der Waals surface area contributed by atoms with Gasteiger partial charge in [0.05, 0.1) is 12.7 Å². The molecule has 25 heavy (non-hydrogen) atoms. The Bertz CT molecular complexity index is 728. The molecule has 2 fully saturated rings. The Kier molecular flexibility index (Phi) is 4.47. The number of hydrogen-bond donors (Lipinski definition) is 2. The molecule has 2 aromatic rings. The van der Waals surface area contributed by atoms with Gasteiger partial charge in [-0.05, 0) is 43.9 Å². The SMILES string of the molecule is C[C@H](NC(=O)NCc1ncc(-c2ccccc2)o1)[C@@H]1C[C@H]2CC[C@H]1C2. The average molecular weight is 339 g/mol. The third-order valence-corrected chi connectivity index (χ3v) is 5.81. The summed E-state index contributed by atoms with van der Waals surface area (Å²) < 4.78 is 5.71. The maximum atomic E-state index is 12.2. The Hall–Kier alpha value is -2.30. The molecule has 0 spiro atoms. The highest BCUT2D eigenvalue weighted by Crippen LogP contribution is 2.49. The molecule has 2 amide bonds. The van der Waals surface area contributed by atoms with E-state index in [-0.39, 0.29) is 12.1 Å². The summed E-state index contributed by atoms with van der Waals surface area (Å²) in [5.74, 6) is 3.57. The second kappa shape index (κ2) is 6.90. The van der Waals surface area contributed by atoms with E-state index in [9.17, 15) is 4.79 Å². The quantitative estimate of drug-likeness (QED) is 0.866. The molecule has 1 aromatic heterocycles. The molecule has 0 aliphatic heterocycles. The summed E-state index contributed by atoms with van der Waals surface area (Å²) >= 11 is 0. The van der Waals surface area contributed by atoms with Gasteiger partial charge in [0, 0.05) is 11.6 Å². The molecular formula is C20H25N3O2. The van der Waals surface area contributed by atoms with E-state index < -0.39 is 0 Å². The molecule has 4 rings (SSSR count). The van der Waals surface area contributed by atoms with Gasteiger partial charge in [-0.3, -0.25) is 0 Å². The zero-order valence-electron chi connectivity index (χ0n) is 14.6. The summed E-state index contributed by atoms with van der Waals surface area (Å²) in [6.45, 7) is 2.42. The predicted molar refractivity (Wildman–Crippen MR) is 95.7 cm³/mol. The van der Waals surface area contributed by atoms with E-state index in [2.05, 4.69) is 22.5 Å². The molecular weight excluding hydrogens is 314 g/mol. The number of fused-ring (bicyclic) bond motifs is 2. The first-order chi connectivity index (χ1) is 12.2. The number of benzene rings is 1. The fraction of sp³-hybridized carbons (Fsp3) is 0.500. The first kappa shape index (κ1) is 16.2. The maximum Gasteiger partial charge on any atom is 0.315 e. The van der Waals surface area contributed by atoms with Crippen molar-refractivity contribution in [1.29, 1.82) is 0 Å². The summed E-state index contributed by atoms with van der Waals surface area (Å²) in [7, 11) is 0. The van der Waals surface area contributed by atoms with Crippen LogP contribution in [0.5, 0.6) is 0 Å². The molecule has 5 nitrogen and oxygen atoms in total. The van der Waals surface area contributed by atoms with Crippen molar-refractivity contribution in [3.63, 3.8) is 0 Å². The number of urea groups is 1. The zero-order valence-corrected chi connectivity index (χ0v) is 14.6. The van der Waals surface area contributed by atoms with Crippen LogP contribution in [0.4, 0.5) is 4.79 Å². The van der Waals surface area contributed by atoms with Crippen LogP contribution in [0.1, 0.15) is 38.5 Å². The van der Waals surface area contributed by atoms with E-state index >= 15 is 0 Å². The van der Waals surface area contributed by atoms with Crippen molar-refractivity contribution in [1.82, 2.24) is 15.6 Å². The summed E-state index contributed by atoms with van der Waals surface area (Å²) in [5.41, 5.74) is 0.982. The summed E-state index contributed by atoms with van der Waals surface area (Å²) in [6, 6.07) is 9.91. The number of rotatable bonds is 5. The van der Waals surface area contributed by atoms with Crippen molar-refractivity contribution in [2.24, 2.45) is 17.8 Å². The van der Waals surface area contributed by atoms with Gasteiger partial charge in [0.15, 0.2) is 5.76 Å². The number of aromatic nitrogens is 1. The van der Waals surface area contributed by atoms with Crippen LogP contribution >= 0.6 is 0 Å². The van der Waals surface area contributed by atoms with Crippen molar-refractivity contribution in [2.75, 3.05) is 0 Å². The van der Waals surface area contributed by atoms with Crippen molar-refractivity contribution < 1.29 is 9.21 Å². The van der Waals surface area contributed by atoms with Crippen molar-refractivity contribution >= 4 is 6.03 Å². The zero-order chi connectivity index (χ0) is 17.2. The fourth-order valence-electron chi connectivity index (χ4n) is 4.55. The lowest BCUT2D eigenvalue weighted by molar-refractivity contribution is 0.219. The van der Waals surface area contributed by atoms with Crippen LogP contribution in [0.25, 0.3) is 11.3 Å². The molecule has 0 radical (unpaired) electrons. The van der Waals surface area contributed by atoms with Gasteiger partial charge >= 0.3 is 6.03 Å². The number of nitrogens with zero attached hydrogens (tertiary/aromatic N) is 1. The molecule has 2 saturated carbocycles. The smallest absolute Gasteiger partial charge is 0.315 e. The van der Waals surface area contributed by atoms with Crippen molar-refractivity contribution in [3.8, 4) is 11.3 Å². The molecule has 1 heterocycles. The highest BCUT2D eigenvalue weighted by Gasteiger charge is 2.42. The molecule has 132 valence electrons. The predicted octanol–water partition coefficient (Wildman–Crippen LogP) is 3.97. The van der Waals surface area contributed by atoms with Gasteiger partial charge in [0.2, 0.25) is 5.89 Å². The number of hydrogen-bond acceptors (Lipinski definition) is 3. The monoisotopic (exact) mass is 339 g/mol. The molecule has 5 heteroatoms. The summed E-state index contributed by atoms with van der Waals surface area (Å²) in [4.78, 5) is 16.4. The number of nitrogens with one attached hydrogen (secondary N) is 2. The Morgan fingerprint density at radius 1 is 1.28 bits per heavy atom. The second-order valence-corrected chi connectivity index (χ2v) is 7.44. The van der Waals surface area contributed by atoms with E-state index in [1.807, 2.05) is 30.3 Å². The molecule has 0 unspecified atom stereocenters. The number of carbonyl (C=O) groups excluding carboxylic acids is 1. The summed E-state index contributed by atoms with van der Waals surface area (Å²) in [6.07, 6.45) is 7.04. The van der Waals surface area contributed by atoms with Gasteiger partial charge in [-0.2, -0.15) is 0 Å². The van der Waals surface area contributed by atoms with Gasteiger partial charge in [-0.15, -0.1) is 0 Å². The van der Waals surface area contributed by atoms with E-state index in [1.165, 1.54) is 25.7 Å². The number of amides is 2. The third kappa shape index (κ3) is 3.55. The maximum absolute atomic E-state index is 12.2. The van der Waals surface area contributed by atoms with Crippen LogP contribution in [0.15, 0.2) is 40.9 Å². The van der Waals surface area contributed by atoms with Gasteiger partial charge in [0.25, 0.3) is 0 Å². The molecule has 2 aliphatic rings. The Labute approximate surface area is 148 Å².